The molecule has 0 aliphatic carbocycles. The zero-order chi connectivity index (χ0) is 59.5. The molecule has 0 saturated carbocycles. The van der Waals surface area contributed by atoms with Gasteiger partial charge in [-0.3, -0.25) is 9.59 Å². The molecular weight excluding hydrogens is 1040 g/mol. The number of allylic oxidation sites excluding steroid dienone is 4. The molecule has 0 amide bonds. The van der Waals surface area contributed by atoms with Gasteiger partial charge >= 0.3 is 11.9 Å². The van der Waals surface area contributed by atoms with E-state index in [9.17, 15) is 45.3 Å². The molecule has 2 rings (SSSR count). The van der Waals surface area contributed by atoms with Crippen LogP contribution in [0.25, 0.3) is 0 Å². The number of carbonyl (C=O) groups excluding carboxylic acids is 2. The Morgan fingerprint density at radius 2 is 0.720 bits per heavy atom. The maximum atomic E-state index is 13.1. The maximum absolute atomic E-state index is 13.1. The summed E-state index contributed by atoms with van der Waals surface area (Å²) in [4.78, 5) is 26.0. The number of aliphatic hydroxyl groups excluding tert-OH is 7. The molecule has 15 heteroatoms. The van der Waals surface area contributed by atoms with Crippen molar-refractivity contribution in [3.05, 3.63) is 24.3 Å². The molecule has 82 heavy (non-hydrogen) atoms. The van der Waals surface area contributed by atoms with Gasteiger partial charge in [0.15, 0.2) is 18.7 Å². The first-order valence-electron chi connectivity index (χ1n) is 33.9. The summed E-state index contributed by atoms with van der Waals surface area (Å²) in [5, 5.41) is 72.5. The van der Waals surface area contributed by atoms with E-state index < -0.39 is 99.3 Å². The molecule has 0 aromatic heterocycles. The fourth-order valence-corrected chi connectivity index (χ4v) is 10.9. The zero-order valence-corrected chi connectivity index (χ0v) is 52.0. The Labute approximate surface area is 498 Å². The molecular formula is C67H124O15. The summed E-state index contributed by atoms with van der Waals surface area (Å²) in [6.45, 7) is 2.63. The number of aliphatic hydroxyl groups is 7. The molecule has 0 aromatic carbocycles. The van der Waals surface area contributed by atoms with Crippen molar-refractivity contribution in [2.24, 2.45) is 0 Å². The number of unbranched alkanes of at least 4 members (excludes halogenated alkanes) is 38. The van der Waals surface area contributed by atoms with E-state index in [-0.39, 0.29) is 19.4 Å². The van der Waals surface area contributed by atoms with E-state index in [4.69, 9.17) is 28.4 Å². The van der Waals surface area contributed by atoms with E-state index >= 15 is 0 Å². The van der Waals surface area contributed by atoms with Crippen molar-refractivity contribution in [3.63, 3.8) is 0 Å². The molecule has 0 bridgehead atoms. The molecule has 2 saturated heterocycles. The van der Waals surface area contributed by atoms with E-state index in [2.05, 4.69) is 38.2 Å². The Morgan fingerprint density at radius 3 is 1.15 bits per heavy atom. The van der Waals surface area contributed by atoms with Gasteiger partial charge in [-0.2, -0.15) is 0 Å². The van der Waals surface area contributed by atoms with Crippen LogP contribution in [-0.4, -0.2) is 142 Å². The van der Waals surface area contributed by atoms with Crippen LogP contribution in [0.5, 0.6) is 0 Å². The quantitative estimate of drug-likeness (QED) is 0.0171. The topological polar surface area (TPSA) is 231 Å². The van der Waals surface area contributed by atoms with Gasteiger partial charge in [0.2, 0.25) is 0 Å². The smallest absolute Gasteiger partial charge is 0.306 e. The van der Waals surface area contributed by atoms with Crippen molar-refractivity contribution in [2.45, 2.75) is 364 Å². The summed E-state index contributed by atoms with van der Waals surface area (Å²) in [6, 6.07) is 0. The first-order chi connectivity index (χ1) is 40.0. The van der Waals surface area contributed by atoms with Gasteiger partial charge in [0.25, 0.3) is 0 Å². The molecule has 0 spiro atoms. The van der Waals surface area contributed by atoms with Crippen LogP contribution >= 0.6 is 0 Å². The van der Waals surface area contributed by atoms with E-state index in [1.54, 1.807) is 0 Å². The van der Waals surface area contributed by atoms with Crippen LogP contribution < -0.4 is 0 Å². The molecule has 0 radical (unpaired) electrons. The van der Waals surface area contributed by atoms with Crippen LogP contribution in [0.15, 0.2) is 24.3 Å². The lowest BCUT2D eigenvalue weighted by Gasteiger charge is -2.42. The average molecular weight is 1170 g/mol. The van der Waals surface area contributed by atoms with E-state index in [0.29, 0.717) is 19.3 Å². The van der Waals surface area contributed by atoms with Crippen molar-refractivity contribution in [2.75, 3.05) is 26.4 Å². The average Bonchev–Trinajstić information content (AvgIpc) is 3.68. The lowest BCUT2D eigenvalue weighted by Crippen LogP contribution is -2.61. The minimum Gasteiger partial charge on any atom is -0.462 e. The van der Waals surface area contributed by atoms with Crippen LogP contribution in [0.1, 0.15) is 296 Å². The molecule has 2 fully saturated rings. The van der Waals surface area contributed by atoms with Crippen LogP contribution in [0.3, 0.4) is 0 Å². The highest BCUT2D eigenvalue weighted by atomic mass is 16.7. The summed E-state index contributed by atoms with van der Waals surface area (Å²) in [5.41, 5.74) is 0. The molecule has 482 valence electrons. The fraction of sp³-hybridized carbons (Fsp3) is 0.910. The molecule has 2 aliphatic heterocycles. The molecule has 15 nitrogen and oxygen atoms in total. The lowest BCUT2D eigenvalue weighted by atomic mass is 9.98. The van der Waals surface area contributed by atoms with Crippen LogP contribution in [0.4, 0.5) is 0 Å². The van der Waals surface area contributed by atoms with Crippen molar-refractivity contribution in [3.8, 4) is 0 Å². The lowest BCUT2D eigenvalue weighted by molar-refractivity contribution is -0.332. The number of esters is 2. The summed E-state index contributed by atoms with van der Waals surface area (Å²) in [7, 11) is 0. The second kappa shape index (κ2) is 53.2. The van der Waals surface area contributed by atoms with Crippen molar-refractivity contribution < 1.29 is 73.8 Å². The normalized spacial score (nSPS) is 23.5. The van der Waals surface area contributed by atoms with Crippen molar-refractivity contribution in [1.82, 2.24) is 0 Å². The predicted octanol–water partition coefficient (Wildman–Crippen LogP) is 13.4. The van der Waals surface area contributed by atoms with Crippen LogP contribution in [-0.2, 0) is 38.0 Å². The van der Waals surface area contributed by atoms with Gasteiger partial charge in [0.1, 0.15) is 55.4 Å². The van der Waals surface area contributed by atoms with E-state index in [0.717, 1.165) is 38.5 Å². The Hall–Kier alpha value is -2.02. The van der Waals surface area contributed by atoms with Gasteiger partial charge in [-0.1, -0.05) is 263 Å². The number of hydrogen-bond donors (Lipinski definition) is 7. The van der Waals surface area contributed by atoms with Gasteiger partial charge in [-0.05, 0) is 44.9 Å². The summed E-state index contributed by atoms with van der Waals surface area (Å²) < 4.78 is 33.8. The molecule has 7 N–H and O–H groups in total. The van der Waals surface area contributed by atoms with E-state index in [1.165, 1.54) is 212 Å². The Kier molecular flexibility index (Phi) is 49.4. The van der Waals surface area contributed by atoms with Gasteiger partial charge in [0.05, 0.1) is 19.8 Å². The minimum atomic E-state index is -1.77. The zero-order valence-electron chi connectivity index (χ0n) is 52.0. The number of rotatable bonds is 56. The molecule has 2 aliphatic rings. The third kappa shape index (κ3) is 38.9. The van der Waals surface area contributed by atoms with Gasteiger partial charge in [-0.15, -0.1) is 0 Å². The highest BCUT2D eigenvalue weighted by Gasteiger charge is 2.47. The highest BCUT2D eigenvalue weighted by Crippen LogP contribution is 2.27. The third-order valence-electron chi connectivity index (χ3n) is 16.4. The van der Waals surface area contributed by atoms with Gasteiger partial charge in [0, 0.05) is 12.8 Å². The largest absolute Gasteiger partial charge is 0.462 e. The standard InChI is InChI=1S/C67H124O15/c1-3-5-7-9-11-13-15-17-19-21-23-25-27-29-31-33-35-37-39-41-43-45-47-49-58(69)77-52-55(53-78-66-65(76)63(74)61(72)57(82-66)54-79-67-64(75)62(73)60(71)56(51-68)81-67)80-59(70)50-48-46-44-42-40-38-36-34-32-30-28-26-24-22-20-18-16-14-12-10-8-6-4-2/h34,36,42,44,55-57,60-68,71-76H,3-33,35,37-41,43,45-54H2,1-2H3/b36-34+,44-42+/t55-,56+,57+,60-,61-,62?,63?,64?,65?,66+,67+/m0/s1. The Balaban J connectivity index is 1.70. The third-order valence-corrected chi connectivity index (χ3v) is 16.4. The van der Waals surface area contributed by atoms with Crippen molar-refractivity contribution in [1.29, 1.82) is 0 Å². The SMILES string of the molecule is CCCCCCCCCCCCCCCC/C=C/CC/C=C/CCCC(=O)O[C@@H](COC(=O)CCCCCCCCCCCCCCCCCCCCCCCCC)CO[C@@H]1O[C@H](CO[C@@H]2O[C@H](CO)[C@H](O)C(O)C2O)[C@H](O)C(O)C1O. The monoisotopic (exact) mass is 1170 g/mol. The number of carbonyl (C=O) groups is 2. The summed E-state index contributed by atoms with van der Waals surface area (Å²) in [6.07, 6.45) is 45.1. The Bertz CT molecular complexity index is 1510. The number of hydrogen-bond acceptors (Lipinski definition) is 15. The van der Waals surface area contributed by atoms with Crippen molar-refractivity contribution >= 4 is 11.9 Å². The minimum absolute atomic E-state index is 0.109. The number of ether oxygens (including phenoxy) is 6. The summed E-state index contributed by atoms with van der Waals surface area (Å²) in [5.74, 6) is -0.956. The highest BCUT2D eigenvalue weighted by molar-refractivity contribution is 5.70. The molecule has 0 aromatic rings. The maximum Gasteiger partial charge on any atom is 0.306 e. The summed E-state index contributed by atoms with van der Waals surface area (Å²) >= 11 is 0. The molecule has 2 heterocycles. The fourth-order valence-electron chi connectivity index (χ4n) is 10.9. The van der Waals surface area contributed by atoms with Gasteiger partial charge in [-0.25, -0.2) is 0 Å². The first kappa shape index (κ1) is 76.1. The van der Waals surface area contributed by atoms with E-state index in [1.807, 2.05) is 0 Å². The second-order valence-corrected chi connectivity index (χ2v) is 24.0. The van der Waals surface area contributed by atoms with Crippen LogP contribution in [0, 0.1) is 0 Å². The molecule has 4 unspecified atom stereocenters. The second-order valence-electron chi connectivity index (χ2n) is 24.0. The Morgan fingerprint density at radius 1 is 0.378 bits per heavy atom. The molecule has 11 atom stereocenters. The first-order valence-corrected chi connectivity index (χ1v) is 33.9. The predicted molar refractivity (Wildman–Crippen MR) is 326 cm³/mol. The van der Waals surface area contributed by atoms with Gasteiger partial charge < -0.3 is 64.2 Å². The van der Waals surface area contributed by atoms with Crippen LogP contribution in [0.2, 0.25) is 0 Å².